The highest BCUT2D eigenvalue weighted by molar-refractivity contribution is 5.99. The van der Waals surface area contributed by atoms with Crippen LogP contribution < -0.4 is 0 Å². The third kappa shape index (κ3) is 2.44. The molecule has 0 N–H and O–H groups in total. The van der Waals surface area contributed by atoms with Crippen molar-refractivity contribution in [3.8, 4) is 0 Å². The number of rotatable bonds is 2. The van der Waals surface area contributed by atoms with Crippen molar-refractivity contribution in [1.82, 2.24) is 0 Å². The summed E-state index contributed by atoms with van der Waals surface area (Å²) >= 11 is 0. The predicted octanol–water partition coefficient (Wildman–Crippen LogP) is 4.19. The summed E-state index contributed by atoms with van der Waals surface area (Å²) in [4.78, 5) is 24.9. The largest absolute Gasteiger partial charge is 0.300 e. The van der Waals surface area contributed by atoms with Crippen molar-refractivity contribution in [3.63, 3.8) is 0 Å². The third-order valence-corrected chi connectivity index (χ3v) is 5.21. The number of carbonyl (C=O) groups is 2. The molecular formula is C18H22O2. The molecule has 0 aromatic heterocycles. The van der Waals surface area contributed by atoms with Gasteiger partial charge in [-0.15, -0.1) is 0 Å². The first kappa shape index (κ1) is 13.5. The van der Waals surface area contributed by atoms with Gasteiger partial charge in [-0.2, -0.15) is 0 Å². The number of ketones is 2. The summed E-state index contributed by atoms with van der Waals surface area (Å²) in [5.74, 6) is 0.694. The van der Waals surface area contributed by atoms with Crippen molar-refractivity contribution in [2.24, 2.45) is 11.3 Å². The fourth-order valence-electron chi connectivity index (χ4n) is 4.23. The SMILES string of the molecule is O=C1CCCC[C@@]2(CCCC2C(=O)c2ccccc2)C1. The number of benzene rings is 1. The Morgan fingerprint density at radius 3 is 2.60 bits per heavy atom. The van der Waals surface area contributed by atoms with Crippen LogP contribution in [0.5, 0.6) is 0 Å². The van der Waals surface area contributed by atoms with E-state index in [0.29, 0.717) is 18.6 Å². The van der Waals surface area contributed by atoms with Crippen molar-refractivity contribution in [2.75, 3.05) is 0 Å². The maximum absolute atomic E-state index is 12.8. The Balaban J connectivity index is 1.88. The highest BCUT2D eigenvalue weighted by Gasteiger charge is 2.47. The van der Waals surface area contributed by atoms with E-state index in [1.54, 1.807) is 0 Å². The van der Waals surface area contributed by atoms with Crippen LogP contribution in [0.2, 0.25) is 0 Å². The Morgan fingerprint density at radius 2 is 1.80 bits per heavy atom. The molecule has 106 valence electrons. The molecule has 0 radical (unpaired) electrons. The summed E-state index contributed by atoms with van der Waals surface area (Å²) in [6.07, 6.45) is 7.63. The number of hydrogen-bond acceptors (Lipinski definition) is 2. The molecule has 0 heterocycles. The Bertz CT molecular complexity index is 505. The first-order valence-corrected chi connectivity index (χ1v) is 7.82. The topological polar surface area (TPSA) is 34.1 Å². The zero-order valence-electron chi connectivity index (χ0n) is 11.9. The second-order valence-corrected chi connectivity index (χ2v) is 6.46. The van der Waals surface area contributed by atoms with Gasteiger partial charge in [-0.1, -0.05) is 43.2 Å². The molecule has 1 aromatic rings. The first-order valence-electron chi connectivity index (χ1n) is 7.82. The van der Waals surface area contributed by atoms with E-state index in [9.17, 15) is 9.59 Å². The Kier molecular flexibility index (Phi) is 3.73. The van der Waals surface area contributed by atoms with Gasteiger partial charge in [0.25, 0.3) is 0 Å². The van der Waals surface area contributed by atoms with E-state index in [1.807, 2.05) is 30.3 Å². The molecule has 2 saturated carbocycles. The predicted molar refractivity (Wildman–Crippen MR) is 78.6 cm³/mol. The van der Waals surface area contributed by atoms with Gasteiger partial charge in [-0.25, -0.2) is 0 Å². The number of Topliss-reactive ketones (excluding diaryl/α,β-unsaturated/α-hetero) is 2. The van der Waals surface area contributed by atoms with Gasteiger partial charge < -0.3 is 0 Å². The maximum atomic E-state index is 12.8. The minimum atomic E-state index is -0.0273. The first-order chi connectivity index (χ1) is 9.71. The molecule has 1 unspecified atom stereocenters. The molecule has 0 amide bonds. The van der Waals surface area contributed by atoms with Crippen LogP contribution in [-0.4, -0.2) is 11.6 Å². The summed E-state index contributed by atoms with van der Waals surface area (Å²) in [5.41, 5.74) is 0.788. The van der Waals surface area contributed by atoms with Gasteiger partial charge in [0.05, 0.1) is 0 Å². The smallest absolute Gasteiger partial charge is 0.166 e. The minimum absolute atomic E-state index is 0.0273. The summed E-state index contributed by atoms with van der Waals surface area (Å²) in [5, 5.41) is 0. The third-order valence-electron chi connectivity index (χ3n) is 5.21. The summed E-state index contributed by atoms with van der Waals surface area (Å²) in [7, 11) is 0. The Labute approximate surface area is 120 Å². The zero-order chi connectivity index (χ0) is 14.0. The van der Waals surface area contributed by atoms with E-state index >= 15 is 0 Å². The molecule has 0 saturated heterocycles. The molecule has 2 aliphatic carbocycles. The highest BCUT2D eigenvalue weighted by atomic mass is 16.1. The second-order valence-electron chi connectivity index (χ2n) is 6.46. The van der Waals surface area contributed by atoms with Crippen molar-refractivity contribution in [1.29, 1.82) is 0 Å². The fourth-order valence-corrected chi connectivity index (χ4v) is 4.23. The zero-order valence-corrected chi connectivity index (χ0v) is 11.9. The van der Waals surface area contributed by atoms with Gasteiger partial charge in [0, 0.05) is 24.3 Å². The van der Waals surface area contributed by atoms with Gasteiger partial charge >= 0.3 is 0 Å². The average molecular weight is 270 g/mol. The van der Waals surface area contributed by atoms with Crippen molar-refractivity contribution < 1.29 is 9.59 Å². The van der Waals surface area contributed by atoms with Crippen molar-refractivity contribution in [3.05, 3.63) is 35.9 Å². The van der Waals surface area contributed by atoms with Gasteiger partial charge in [-0.05, 0) is 31.1 Å². The van der Waals surface area contributed by atoms with Crippen LogP contribution in [0, 0.1) is 11.3 Å². The van der Waals surface area contributed by atoms with Crippen LogP contribution in [0.3, 0.4) is 0 Å². The van der Waals surface area contributed by atoms with Gasteiger partial charge in [0.1, 0.15) is 5.78 Å². The summed E-state index contributed by atoms with van der Waals surface area (Å²) in [6.45, 7) is 0. The molecule has 2 atom stereocenters. The monoisotopic (exact) mass is 270 g/mol. The molecule has 1 aromatic carbocycles. The van der Waals surface area contributed by atoms with Crippen LogP contribution in [0.4, 0.5) is 0 Å². The van der Waals surface area contributed by atoms with Gasteiger partial charge in [0.15, 0.2) is 5.78 Å². The van der Waals surface area contributed by atoms with Gasteiger partial charge in [-0.3, -0.25) is 9.59 Å². The van der Waals surface area contributed by atoms with E-state index in [-0.39, 0.29) is 17.1 Å². The van der Waals surface area contributed by atoms with Crippen molar-refractivity contribution in [2.45, 2.75) is 51.4 Å². The van der Waals surface area contributed by atoms with Crippen LogP contribution in [0.15, 0.2) is 30.3 Å². The van der Waals surface area contributed by atoms with E-state index in [1.165, 1.54) is 0 Å². The standard InChI is InChI=1S/C18H22O2/c19-15-9-4-5-11-18(13-15)12-6-10-16(18)17(20)14-7-2-1-3-8-14/h1-3,7-8,16H,4-6,9-13H2/t16?,18-/m1/s1. The summed E-state index contributed by atoms with van der Waals surface area (Å²) < 4.78 is 0. The van der Waals surface area contributed by atoms with Crippen molar-refractivity contribution >= 4 is 11.6 Å². The number of hydrogen-bond donors (Lipinski definition) is 0. The second kappa shape index (κ2) is 5.51. The van der Waals surface area contributed by atoms with Crippen LogP contribution >= 0.6 is 0 Å². The average Bonchev–Trinajstić information content (AvgIpc) is 2.77. The lowest BCUT2D eigenvalue weighted by atomic mass is 9.69. The molecule has 2 heteroatoms. The maximum Gasteiger partial charge on any atom is 0.166 e. The summed E-state index contributed by atoms with van der Waals surface area (Å²) in [6, 6.07) is 9.61. The van der Waals surface area contributed by atoms with E-state index in [2.05, 4.69) is 0 Å². The normalized spacial score (nSPS) is 30.4. The molecule has 2 fully saturated rings. The molecule has 2 nitrogen and oxygen atoms in total. The van der Waals surface area contributed by atoms with Crippen LogP contribution in [0.1, 0.15) is 61.7 Å². The van der Waals surface area contributed by atoms with Crippen LogP contribution in [0.25, 0.3) is 0 Å². The van der Waals surface area contributed by atoms with Crippen LogP contribution in [-0.2, 0) is 4.79 Å². The molecule has 1 spiro atoms. The number of carbonyl (C=O) groups excluding carboxylic acids is 2. The quantitative estimate of drug-likeness (QED) is 0.755. The fraction of sp³-hybridized carbons (Fsp3) is 0.556. The minimum Gasteiger partial charge on any atom is -0.300 e. The van der Waals surface area contributed by atoms with E-state index in [4.69, 9.17) is 0 Å². The molecule has 3 rings (SSSR count). The Morgan fingerprint density at radius 1 is 1.05 bits per heavy atom. The molecule has 0 aliphatic heterocycles. The molecule has 20 heavy (non-hydrogen) atoms. The lowest BCUT2D eigenvalue weighted by Crippen LogP contribution is -2.33. The lowest BCUT2D eigenvalue weighted by Gasteiger charge is -2.33. The highest BCUT2D eigenvalue weighted by Crippen LogP contribution is 2.52. The van der Waals surface area contributed by atoms with E-state index in [0.717, 1.165) is 44.1 Å². The lowest BCUT2D eigenvalue weighted by molar-refractivity contribution is -0.121. The molecule has 2 aliphatic rings. The molecule has 0 bridgehead atoms. The molecular weight excluding hydrogens is 248 g/mol. The Hall–Kier alpha value is -1.44. The van der Waals surface area contributed by atoms with Gasteiger partial charge in [0.2, 0.25) is 0 Å². The van der Waals surface area contributed by atoms with E-state index < -0.39 is 0 Å².